The Kier molecular flexibility index (Phi) is 5.66. The van der Waals surface area contributed by atoms with Gasteiger partial charge < -0.3 is 10.6 Å². The summed E-state index contributed by atoms with van der Waals surface area (Å²) in [5.74, 6) is 0.404. The van der Waals surface area contributed by atoms with Crippen molar-refractivity contribution < 1.29 is 4.79 Å². The fraction of sp³-hybridized carbons (Fsp3) is 0.158. The lowest BCUT2D eigenvalue weighted by atomic mass is 10.1. The van der Waals surface area contributed by atoms with Gasteiger partial charge in [0.15, 0.2) is 0 Å². The van der Waals surface area contributed by atoms with E-state index in [1.807, 2.05) is 30.3 Å². The molecule has 0 saturated heterocycles. The Bertz CT molecular complexity index is 791. The van der Waals surface area contributed by atoms with Crippen LogP contribution in [0.2, 0.25) is 0 Å². The molecule has 0 spiro atoms. The van der Waals surface area contributed by atoms with Crippen molar-refractivity contribution >= 4 is 11.7 Å². The Labute approximate surface area is 146 Å². The molecule has 0 radical (unpaired) electrons. The summed E-state index contributed by atoms with van der Waals surface area (Å²) in [6.45, 7) is 1.19. The average Bonchev–Trinajstić information content (AvgIpc) is 2.68. The second-order valence-electron chi connectivity index (χ2n) is 5.49. The van der Waals surface area contributed by atoms with Crippen LogP contribution in [0.4, 0.5) is 5.82 Å². The van der Waals surface area contributed by atoms with Crippen LogP contribution in [0, 0.1) is 0 Å². The van der Waals surface area contributed by atoms with Crippen LogP contribution in [0.15, 0.2) is 67.3 Å². The first-order valence-electron chi connectivity index (χ1n) is 8.08. The Hall–Kier alpha value is -3.28. The van der Waals surface area contributed by atoms with Crippen LogP contribution in [0.3, 0.4) is 0 Å². The Morgan fingerprint density at radius 3 is 2.44 bits per heavy atom. The quantitative estimate of drug-likeness (QED) is 0.694. The van der Waals surface area contributed by atoms with E-state index in [0.29, 0.717) is 18.1 Å². The average molecular weight is 333 g/mol. The molecule has 0 aliphatic carbocycles. The highest BCUT2D eigenvalue weighted by atomic mass is 16.1. The van der Waals surface area contributed by atoms with E-state index in [-0.39, 0.29) is 5.91 Å². The minimum Gasteiger partial charge on any atom is -0.368 e. The number of hydrogen-bond acceptors (Lipinski definition) is 5. The molecule has 0 atom stereocenters. The molecular weight excluding hydrogens is 314 g/mol. The topological polar surface area (TPSA) is 79.8 Å². The molecule has 6 nitrogen and oxygen atoms in total. The number of nitrogens with one attached hydrogen (secondary N) is 2. The number of benzene rings is 1. The second kappa shape index (κ2) is 8.54. The molecule has 3 aromatic rings. The number of carbonyl (C=O) groups is 1. The first-order chi connectivity index (χ1) is 12.3. The van der Waals surface area contributed by atoms with Gasteiger partial charge in [0.05, 0.1) is 12.4 Å². The second-order valence-corrected chi connectivity index (χ2v) is 5.49. The van der Waals surface area contributed by atoms with Crippen molar-refractivity contribution in [1.29, 1.82) is 0 Å². The van der Waals surface area contributed by atoms with Crippen molar-refractivity contribution in [2.45, 2.75) is 13.0 Å². The van der Waals surface area contributed by atoms with Crippen molar-refractivity contribution in [1.82, 2.24) is 20.3 Å². The summed E-state index contributed by atoms with van der Waals surface area (Å²) in [7, 11) is 0. The number of carbonyl (C=O) groups excluding carboxylic acids is 1. The lowest BCUT2D eigenvalue weighted by molar-refractivity contribution is 0.0945. The summed E-state index contributed by atoms with van der Waals surface area (Å²) >= 11 is 0. The van der Waals surface area contributed by atoms with Gasteiger partial charge >= 0.3 is 0 Å². The first-order valence-corrected chi connectivity index (χ1v) is 8.08. The lowest BCUT2D eigenvalue weighted by Crippen LogP contribution is -2.24. The highest BCUT2D eigenvalue weighted by molar-refractivity contribution is 5.91. The zero-order chi connectivity index (χ0) is 17.3. The predicted molar refractivity (Wildman–Crippen MR) is 96.1 cm³/mol. The summed E-state index contributed by atoms with van der Waals surface area (Å²) in [5, 5.41) is 6.01. The minimum atomic E-state index is -0.250. The van der Waals surface area contributed by atoms with Gasteiger partial charge in [-0.05, 0) is 29.7 Å². The van der Waals surface area contributed by atoms with Crippen molar-refractivity contribution in [3.05, 3.63) is 84.1 Å². The normalized spacial score (nSPS) is 10.2. The van der Waals surface area contributed by atoms with Gasteiger partial charge in [0.25, 0.3) is 5.91 Å². The summed E-state index contributed by atoms with van der Waals surface area (Å²) in [4.78, 5) is 24.4. The predicted octanol–water partition coefficient (Wildman–Crippen LogP) is 2.46. The molecule has 6 heteroatoms. The van der Waals surface area contributed by atoms with Crippen LogP contribution >= 0.6 is 0 Å². The Balaban J connectivity index is 1.47. The molecule has 0 bridgehead atoms. The van der Waals surface area contributed by atoms with Crippen molar-refractivity contribution in [2.75, 3.05) is 11.9 Å². The molecule has 1 amide bonds. The maximum Gasteiger partial charge on any atom is 0.271 e. The maximum absolute atomic E-state index is 12.1. The number of rotatable bonds is 7. The molecule has 2 aromatic heterocycles. The number of hydrogen-bond donors (Lipinski definition) is 2. The van der Waals surface area contributed by atoms with E-state index in [9.17, 15) is 4.79 Å². The maximum atomic E-state index is 12.1. The van der Waals surface area contributed by atoms with Gasteiger partial charge in [-0.25, -0.2) is 9.97 Å². The van der Waals surface area contributed by atoms with Crippen LogP contribution in [0.1, 0.15) is 21.6 Å². The molecule has 2 N–H and O–H groups in total. The highest BCUT2D eigenvalue weighted by Crippen LogP contribution is 2.04. The molecule has 0 aliphatic heterocycles. The van der Waals surface area contributed by atoms with Gasteiger partial charge in [-0.1, -0.05) is 30.3 Å². The Morgan fingerprint density at radius 1 is 0.920 bits per heavy atom. The van der Waals surface area contributed by atoms with E-state index in [1.54, 1.807) is 18.6 Å². The monoisotopic (exact) mass is 333 g/mol. The van der Waals surface area contributed by atoms with Gasteiger partial charge in [0.2, 0.25) is 0 Å². The van der Waals surface area contributed by atoms with E-state index in [2.05, 4.69) is 37.7 Å². The number of aromatic nitrogens is 3. The largest absolute Gasteiger partial charge is 0.368 e. The van der Waals surface area contributed by atoms with E-state index in [1.165, 1.54) is 11.8 Å². The van der Waals surface area contributed by atoms with Gasteiger partial charge in [0, 0.05) is 25.5 Å². The SMILES string of the molecule is O=C(NCc1ccncc1)c1cnc(NCCc2ccccc2)cn1. The van der Waals surface area contributed by atoms with E-state index >= 15 is 0 Å². The van der Waals surface area contributed by atoms with Gasteiger partial charge in [-0.15, -0.1) is 0 Å². The molecule has 0 saturated carbocycles. The van der Waals surface area contributed by atoms with Crippen molar-refractivity contribution in [2.24, 2.45) is 0 Å². The number of anilines is 1. The summed E-state index contributed by atoms with van der Waals surface area (Å²) < 4.78 is 0. The van der Waals surface area contributed by atoms with Crippen LogP contribution < -0.4 is 10.6 Å². The first kappa shape index (κ1) is 16.6. The van der Waals surface area contributed by atoms with Gasteiger partial charge in [-0.2, -0.15) is 0 Å². The fourth-order valence-electron chi connectivity index (χ4n) is 2.29. The summed E-state index contributed by atoms with van der Waals surface area (Å²) in [6.07, 6.45) is 7.34. The van der Waals surface area contributed by atoms with E-state index < -0.39 is 0 Å². The Morgan fingerprint density at radius 2 is 1.72 bits per heavy atom. The molecule has 3 rings (SSSR count). The van der Waals surface area contributed by atoms with Gasteiger partial charge in [0.1, 0.15) is 11.5 Å². The molecule has 0 unspecified atom stereocenters. The van der Waals surface area contributed by atoms with Gasteiger partial charge in [-0.3, -0.25) is 9.78 Å². The number of nitrogens with zero attached hydrogens (tertiary/aromatic N) is 3. The third-order valence-electron chi connectivity index (χ3n) is 3.65. The molecule has 0 aliphatic rings. The van der Waals surface area contributed by atoms with Crippen molar-refractivity contribution in [3.63, 3.8) is 0 Å². The third-order valence-corrected chi connectivity index (χ3v) is 3.65. The molecule has 126 valence electrons. The molecule has 25 heavy (non-hydrogen) atoms. The summed E-state index contributed by atoms with van der Waals surface area (Å²) in [5.41, 5.74) is 2.54. The van der Waals surface area contributed by atoms with E-state index in [4.69, 9.17) is 0 Å². The summed E-state index contributed by atoms with van der Waals surface area (Å²) in [6, 6.07) is 13.9. The highest BCUT2D eigenvalue weighted by Gasteiger charge is 2.07. The fourth-order valence-corrected chi connectivity index (χ4v) is 2.29. The van der Waals surface area contributed by atoms with Crippen LogP contribution in [0.5, 0.6) is 0 Å². The third kappa shape index (κ3) is 5.10. The minimum absolute atomic E-state index is 0.250. The van der Waals surface area contributed by atoms with Crippen molar-refractivity contribution in [3.8, 4) is 0 Å². The lowest BCUT2D eigenvalue weighted by Gasteiger charge is -2.07. The molecule has 2 heterocycles. The zero-order valence-electron chi connectivity index (χ0n) is 13.7. The molecular formula is C19H19N5O. The standard InChI is InChI=1S/C19H19N5O/c25-19(24-12-16-6-9-20-10-7-16)17-13-23-18(14-22-17)21-11-8-15-4-2-1-3-5-15/h1-7,9-10,13-14H,8,11-12H2,(H,21,23)(H,24,25). The smallest absolute Gasteiger partial charge is 0.271 e. The van der Waals surface area contributed by atoms with Crippen LogP contribution in [0.25, 0.3) is 0 Å². The molecule has 1 aromatic carbocycles. The number of pyridine rings is 1. The zero-order valence-corrected chi connectivity index (χ0v) is 13.7. The van der Waals surface area contributed by atoms with E-state index in [0.717, 1.165) is 18.5 Å². The molecule has 0 fully saturated rings. The number of amides is 1. The van der Waals surface area contributed by atoms with Crippen LogP contribution in [-0.4, -0.2) is 27.4 Å². The van der Waals surface area contributed by atoms with Crippen LogP contribution in [-0.2, 0) is 13.0 Å².